The Morgan fingerprint density at radius 1 is 1.06 bits per heavy atom. The average Bonchev–Trinajstić information content (AvgIpc) is 2.83. The zero-order chi connectivity index (χ0) is 24.0. The van der Waals surface area contributed by atoms with Gasteiger partial charge in [0.2, 0.25) is 5.95 Å². The van der Waals surface area contributed by atoms with Crippen LogP contribution in [0.1, 0.15) is 45.6 Å². The molecule has 3 fully saturated rings. The van der Waals surface area contributed by atoms with Gasteiger partial charge in [0.05, 0.1) is 13.2 Å². The van der Waals surface area contributed by atoms with Gasteiger partial charge in [-0.25, -0.2) is 15.0 Å². The number of nitrogens with one attached hydrogen (secondary N) is 1. The lowest BCUT2D eigenvalue weighted by Crippen LogP contribution is -2.46. The molecule has 3 aliphatic heterocycles. The van der Waals surface area contributed by atoms with Crippen LogP contribution in [0.15, 0.2) is 30.7 Å². The molecule has 0 bridgehead atoms. The van der Waals surface area contributed by atoms with Crippen molar-refractivity contribution >= 4 is 34.2 Å². The van der Waals surface area contributed by atoms with Crippen molar-refractivity contribution in [2.24, 2.45) is 11.3 Å². The van der Waals surface area contributed by atoms with Crippen molar-refractivity contribution in [3.63, 3.8) is 0 Å². The summed E-state index contributed by atoms with van der Waals surface area (Å²) in [5.41, 5.74) is 1.42. The van der Waals surface area contributed by atoms with Gasteiger partial charge in [0.1, 0.15) is 17.5 Å². The van der Waals surface area contributed by atoms with Crippen molar-refractivity contribution in [1.82, 2.24) is 19.9 Å². The summed E-state index contributed by atoms with van der Waals surface area (Å²) in [7, 11) is 0. The van der Waals surface area contributed by atoms with Gasteiger partial charge in [-0.05, 0) is 61.6 Å². The fourth-order valence-corrected chi connectivity index (χ4v) is 5.53. The number of rotatable bonds is 6. The molecule has 3 saturated heterocycles. The Morgan fingerprint density at radius 2 is 1.94 bits per heavy atom. The molecular formula is C27H35N7O. The van der Waals surface area contributed by atoms with Crippen molar-refractivity contribution in [2.75, 3.05) is 48.0 Å². The van der Waals surface area contributed by atoms with E-state index in [-0.39, 0.29) is 5.41 Å². The van der Waals surface area contributed by atoms with Gasteiger partial charge in [0, 0.05) is 55.1 Å². The van der Waals surface area contributed by atoms with Gasteiger partial charge in [-0.2, -0.15) is 4.98 Å². The van der Waals surface area contributed by atoms with Crippen LogP contribution < -0.4 is 15.1 Å². The third kappa shape index (κ3) is 4.40. The van der Waals surface area contributed by atoms with Gasteiger partial charge >= 0.3 is 0 Å². The largest absolute Gasteiger partial charge is 0.380 e. The molecule has 35 heavy (non-hydrogen) atoms. The minimum absolute atomic E-state index is 0.171. The topological polar surface area (TPSA) is 79.3 Å². The van der Waals surface area contributed by atoms with E-state index in [9.17, 15) is 0 Å². The molecule has 0 radical (unpaired) electrons. The number of hydrogen-bond donors (Lipinski definition) is 1. The zero-order valence-corrected chi connectivity index (χ0v) is 21.0. The highest BCUT2D eigenvalue weighted by Gasteiger charge is 2.35. The molecule has 3 aromatic rings. The van der Waals surface area contributed by atoms with Crippen LogP contribution in [-0.4, -0.2) is 58.8 Å². The number of nitrogens with zero attached hydrogens (tertiary/aromatic N) is 6. The maximum atomic E-state index is 5.52. The molecule has 1 N–H and O–H groups in total. The molecular weight excluding hydrogens is 438 g/mol. The number of anilines is 4. The molecule has 2 atom stereocenters. The third-order valence-corrected chi connectivity index (χ3v) is 7.78. The minimum atomic E-state index is 0.171. The number of ether oxygens (including phenoxy) is 1. The summed E-state index contributed by atoms with van der Waals surface area (Å²) >= 11 is 0. The Hall–Kier alpha value is -3.00. The predicted octanol–water partition coefficient (Wildman–Crippen LogP) is 4.58. The highest BCUT2D eigenvalue weighted by atomic mass is 16.5. The molecule has 0 aliphatic carbocycles. The second-order valence-electron chi connectivity index (χ2n) is 11.1. The summed E-state index contributed by atoms with van der Waals surface area (Å²) in [6.45, 7) is 11.5. The van der Waals surface area contributed by atoms with Crippen molar-refractivity contribution in [2.45, 2.75) is 52.5 Å². The van der Waals surface area contributed by atoms with E-state index in [0.717, 1.165) is 68.1 Å². The van der Waals surface area contributed by atoms with E-state index >= 15 is 0 Å². The monoisotopic (exact) mass is 473 g/mol. The summed E-state index contributed by atoms with van der Waals surface area (Å²) in [5.74, 6) is 4.06. The van der Waals surface area contributed by atoms with E-state index in [4.69, 9.17) is 19.7 Å². The molecule has 3 aromatic heterocycles. The predicted molar refractivity (Wildman–Crippen MR) is 140 cm³/mol. The van der Waals surface area contributed by atoms with E-state index in [1.807, 2.05) is 18.5 Å². The van der Waals surface area contributed by atoms with Crippen LogP contribution in [0.3, 0.4) is 0 Å². The first kappa shape index (κ1) is 22.5. The smallest absolute Gasteiger partial charge is 0.227 e. The average molecular weight is 474 g/mol. The quantitative estimate of drug-likeness (QED) is 0.557. The standard InChI is InChI=1S/C27H35N7O/c1-18-5-4-9-33(15-18)26-28-8-6-23(32-26)31-24-11-21-20(12-27(3)16-35-17-27)13-30-25(22(21)14-29-24)34-10-7-19(34)2/h6,8,11,13-14,18-19H,4-5,7,9-10,12,15-17H2,1-3H3,(H,28,29,31,32). The van der Waals surface area contributed by atoms with E-state index < -0.39 is 0 Å². The molecule has 0 saturated carbocycles. The molecule has 8 heteroatoms. The Kier molecular flexibility index (Phi) is 5.71. The van der Waals surface area contributed by atoms with Crippen molar-refractivity contribution in [3.05, 3.63) is 36.3 Å². The van der Waals surface area contributed by atoms with Gasteiger partial charge in [-0.3, -0.25) is 0 Å². The molecule has 2 unspecified atom stereocenters. The van der Waals surface area contributed by atoms with E-state index in [2.05, 4.69) is 53.1 Å². The maximum Gasteiger partial charge on any atom is 0.227 e. The highest BCUT2D eigenvalue weighted by Crippen LogP contribution is 2.37. The molecule has 6 heterocycles. The number of pyridine rings is 2. The number of hydrogen-bond acceptors (Lipinski definition) is 8. The second kappa shape index (κ2) is 8.90. The van der Waals surface area contributed by atoms with Gasteiger partial charge in [-0.15, -0.1) is 0 Å². The van der Waals surface area contributed by atoms with Crippen LogP contribution in [0.25, 0.3) is 10.8 Å². The van der Waals surface area contributed by atoms with Crippen LogP contribution in [0, 0.1) is 11.3 Å². The van der Waals surface area contributed by atoms with Gasteiger partial charge in [0.15, 0.2) is 0 Å². The summed E-state index contributed by atoms with van der Waals surface area (Å²) in [6, 6.07) is 4.59. The molecule has 6 rings (SSSR count). The summed E-state index contributed by atoms with van der Waals surface area (Å²) < 4.78 is 5.52. The molecule has 0 spiro atoms. The lowest BCUT2D eigenvalue weighted by Gasteiger charge is -2.41. The van der Waals surface area contributed by atoms with Crippen molar-refractivity contribution in [1.29, 1.82) is 0 Å². The summed E-state index contributed by atoms with van der Waals surface area (Å²) in [6.07, 6.45) is 10.5. The SMILES string of the molecule is CC1CCCN(c2nccc(Nc3cc4c(CC5(C)COC5)cnc(N5CCC5C)c4cn3)n2)C1. The van der Waals surface area contributed by atoms with Gasteiger partial charge in [-0.1, -0.05) is 13.8 Å². The zero-order valence-electron chi connectivity index (χ0n) is 21.0. The van der Waals surface area contributed by atoms with Crippen LogP contribution in [-0.2, 0) is 11.2 Å². The summed E-state index contributed by atoms with van der Waals surface area (Å²) in [5, 5.41) is 5.77. The lowest BCUT2D eigenvalue weighted by molar-refractivity contribution is -0.100. The Morgan fingerprint density at radius 3 is 2.66 bits per heavy atom. The van der Waals surface area contributed by atoms with E-state index in [1.54, 1.807) is 0 Å². The number of aromatic nitrogens is 4. The fourth-order valence-electron chi connectivity index (χ4n) is 5.53. The van der Waals surface area contributed by atoms with Crippen LogP contribution in [0.5, 0.6) is 0 Å². The molecule has 3 aliphatic rings. The molecule has 8 nitrogen and oxygen atoms in total. The normalized spacial score (nSPS) is 23.6. The van der Waals surface area contributed by atoms with E-state index in [0.29, 0.717) is 12.0 Å². The molecule has 0 amide bonds. The first-order valence-corrected chi connectivity index (χ1v) is 12.9. The molecule has 0 aromatic carbocycles. The number of piperidine rings is 1. The van der Waals surface area contributed by atoms with Crippen LogP contribution in [0.4, 0.5) is 23.4 Å². The Balaban J connectivity index is 1.32. The minimum Gasteiger partial charge on any atom is -0.380 e. The first-order valence-electron chi connectivity index (χ1n) is 12.9. The van der Waals surface area contributed by atoms with Crippen molar-refractivity contribution in [3.8, 4) is 0 Å². The fraction of sp³-hybridized carbons (Fsp3) is 0.556. The second-order valence-corrected chi connectivity index (χ2v) is 11.1. The highest BCUT2D eigenvalue weighted by molar-refractivity contribution is 5.95. The Labute approximate surface area is 207 Å². The first-order chi connectivity index (χ1) is 17.0. The van der Waals surface area contributed by atoms with E-state index in [1.165, 1.54) is 30.2 Å². The number of fused-ring (bicyclic) bond motifs is 1. The Bertz CT molecular complexity index is 1230. The molecule has 184 valence electrons. The van der Waals surface area contributed by atoms with Crippen molar-refractivity contribution < 1.29 is 4.74 Å². The van der Waals surface area contributed by atoms with Crippen LogP contribution >= 0.6 is 0 Å². The van der Waals surface area contributed by atoms with Crippen LogP contribution in [0.2, 0.25) is 0 Å². The summed E-state index contributed by atoms with van der Waals surface area (Å²) in [4.78, 5) is 23.7. The third-order valence-electron chi connectivity index (χ3n) is 7.78. The van der Waals surface area contributed by atoms with Gasteiger partial charge in [0.25, 0.3) is 0 Å². The maximum absolute atomic E-state index is 5.52. The van der Waals surface area contributed by atoms with Gasteiger partial charge < -0.3 is 19.9 Å². The lowest BCUT2D eigenvalue weighted by atomic mass is 9.81.